The molecule has 0 spiro atoms. The highest BCUT2D eigenvalue weighted by Gasteiger charge is 2.25. The molecule has 1 atom stereocenters. The Kier molecular flexibility index (Phi) is 5.21. The molecule has 0 rings (SSSR count). The number of hydrogen-bond acceptors (Lipinski definition) is 4. The van der Waals surface area contributed by atoms with Crippen molar-refractivity contribution in [1.29, 1.82) is 5.26 Å². The van der Waals surface area contributed by atoms with Gasteiger partial charge in [0, 0.05) is 13.2 Å². The van der Waals surface area contributed by atoms with Crippen molar-refractivity contribution in [2.75, 3.05) is 13.2 Å². The third kappa shape index (κ3) is 5.11. The molecule has 1 N–H and O–H groups in total. The van der Waals surface area contributed by atoms with Crippen molar-refractivity contribution in [3.8, 4) is 6.07 Å². The van der Waals surface area contributed by atoms with Crippen LogP contribution in [0.1, 0.15) is 27.7 Å². The third-order valence-corrected chi connectivity index (χ3v) is 3.46. The van der Waals surface area contributed by atoms with Gasteiger partial charge in [-0.3, -0.25) is 0 Å². The zero-order valence-corrected chi connectivity index (χ0v) is 10.4. The second-order valence-corrected chi connectivity index (χ2v) is 5.92. The molecule has 0 aromatic carbocycles. The first-order valence-corrected chi connectivity index (χ1v) is 6.32. The zero-order valence-electron chi connectivity index (χ0n) is 9.57. The van der Waals surface area contributed by atoms with Crippen LogP contribution in [0.15, 0.2) is 0 Å². The van der Waals surface area contributed by atoms with Gasteiger partial charge in [-0.2, -0.15) is 5.26 Å². The summed E-state index contributed by atoms with van der Waals surface area (Å²) in [6, 6.07) is 1.68. The molecule has 0 aromatic rings. The van der Waals surface area contributed by atoms with Gasteiger partial charge in [-0.05, 0) is 27.7 Å². The van der Waals surface area contributed by atoms with E-state index in [0.29, 0.717) is 6.61 Å². The van der Waals surface area contributed by atoms with Crippen molar-refractivity contribution in [1.82, 2.24) is 4.72 Å². The summed E-state index contributed by atoms with van der Waals surface area (Å²) < 4.78 is 30.5. The third-order valence-electron chi connectivity index (χ3n) is 1.88. The molecule has 5 nitrogen and oxygen atoms in total. The fourth-order valence-electron chi connectivity index (χ4n) is 0.911. The molecule has 0 aliphatic carbocycles. The maximum Gasteiger partial charge on any atom is 0.227 e. The molecule has 0 fully saturated rings. The van der Waals surface area contributed by atoms with E-state index in [1.165, 1.54) is 6.92 Å². The lowest BCUT2D eigenvalue weighted by Crippen LogP contribution is -2.43. The Hall–Kier alpha value is -0.640. The number of nitriles is 1. The van der Waals surface area contributed by atoms with Gasteiger partial charge in [0.05, 0.1) is 11.7 Å². The lowest BCUT2D eigenvalue weighted by atomic mass is 10.1. The van der Waals surface area contributed by atoms with Crippen LogP contribution in [0.2, 0.25) is 0 Å². The number of hydrogen-bond donors (Lipinski definition) is 1. The summed E-state index contributed by atoms with van der Waals surface area (Å²) in [4.78, 5) is 0. The molecule has 0 aromatic heterocycles. The maximum atomic E-state index is 11.4. The predicted octanol–water partition coefficient (Wildman–Crippen LogP) is 0.633. The molecule has 0 amide bonds. The highest BCUT2D eigenvalue weighted by atomic mass is 32.2. The Morgan fingerprint density at radius 1 is 1.53 bits per heavy atom. The molecule has 0 bridgehead atoms. The lowest BCUT2D eigenvalue weighted by molar-refractivity contribution is -0.00516. The summed E-state index contributed by atoms with van der Waals surface area (Å²) in [7, 11) is -3.55. The minimum Gasteiger partial charge on any atom is -0.375 e. The Balaban J connectivity index is 4.35. The molecular weight excluding hydrogens is 216 g/mol. The molecule has 0 aliphatic rings. The van der Waals surface area contributed by atoms with E-state index < -0.39 is 20.9 Å². The van der Waals surface area contributed by atoms with Crippen molar-refractivity contribution < 1.29 is 13.2 Å². The van der Waals surface area contributed by atoms with Gasteiger partial charge >= 0.3 is 0 Å². The Bertz CT molecular complexity index is 330. The molecule has 88 valence electrons. The minimum atomic E-state index is -3.55. The van der Waals surface area contributed by atoms with Crippen molar-refractivity contribution in [3.63, 3.8) is 0 Å². The van der Waals surface area contributed by atoms with Crippen LogP contribution in [0.25, 0.3) is 0 Å². The first kappa shape index (κ1) is 14.4. The first-order chi connectivity index (χ1) is 6.75. The average molecular weight is 234 g/mol. The smallest absolute Gasteiger partial charge is 0.227 e. The fourth-order valence-corrected chi connectivity index (χ4v) is 1.85. The van der Waals surface area contributed by atoms with Crippen LogP contribution in [0, 0.1) is 11.3 Å². The van der Waals surface area contributed by atoms with Crippen molar-refractivity contribution in [2.24, 2.45) is 0 Å². The van der Waals surface area contributed by atoms with Gasteiger partial charge in [-0.15, -0.1) is 0 Å². The van der Waals surface area contributed by atoms with E-state index in [1.807, 2.05) is 6.92 Å². The summed E-state index contributed by atoms with van der Waals surface area (Å²) in [6.07, 6.45) is 0. The van der Waals surface area contributed by atoms with E-state index in [9.17, 15) is 8.42 Å². The second-order valence-electron chi connectivity index (χ2n) is 3.83. The molecule has 0 aliphatic heterocycles. The van der Waals surface area contributed by atoms with E-state index in [0.717, 1.165) is 0 Å². The van der Waals surface area contributed by atoms with Crippen molar-refractivity contribution in [2.45, 2.75) is 38.5 Å². The van der Waals surface area contributed by atoms with Crippen LogP contribution in [-0.4, -0.2) is 32.4 Å². The molecular formula is C9H18N2O3S. The molecule has 0 heterocycles. The van der Waals surface area contributed by atoms with Crippen LogP contribution in [0.3, 0.4) is 0 Å². The van der Waals surface area contributed by atoms with E-state index in [2.05, 4.69) is 4.72 Å². The number of ether oxygens (including phenoxy) is 1. The van der Waals surface area contributed by atoms with Gasteiger partial charge in [0.2, 0.25) is 10.0 Å². The first-order valence-electron chi connectivity index (χ1n) is 4.77. The number of sulfonamides is 1. The molecule has 0 saturated carbocycles. The Morgan fingerprint density at radius 3 is 2.47 bits per heavy atom. The summed E-state index contributed by atoms with van der Waals surface area (Å²) in [6.45, 7) is 7.44. The number of rotatable bonds is 6. The van der Waals surface area contributed by atoms with E-state index in [-0.39, 0.29) is 6.54 Å². The van der Waals surface area contributed by atoms with Crippen molar-refractivity contribution >= 4 is 10.0 Å². The number of nitrogens with zero attached hydrogens (tertiary/aromatic N) is 1. The minimum absolute atomic E-state index is 0.162. The topological polar surface area (TPSA) is 79.2 Å². The quantitative estimate of drug-likeness (QED) is 0.731. The molecule has 6 heteroatoms. The van der Waals surface area contributed by atoms with Gasteiger partial charge in [-0.25, -0.2) is 13.1 Å². The molecule has 0 saturated heterocycles. The number of nitrogens with one attached hydrogen (secondary N) is 1. The highest BCUT2D eigenvalue weighted by molar-refractivity contribution is 7.90. The van der Waals surface area contributed by atoms with Crippen LogP contribution < -0.4 is 4.72 Å². The molecule has 0 radical (unpaired) electrons. The maximum absolute atomic E-state index is 11.4. The zero-order chi connectivity index (χ0) is 12.1. The summed E-state index contributed by atoms with van der Waals surface area (Å²) in [5.74, 6) is 0. The second kappa shape index (κ2) is 5.45. The van der Waals surface area contributed by atoms with Gasteiger partial charge in [0.15, 0.2) is 5.25 Å². The van der Waals surface area contributed by atoms with Crippen LogP contribution in [-0.2, 0) is 14.8 Å². The van der Waals surface area contributed by atoms with Gasteiger partial charge in [0.25, 0.3) is 0 Å². The van der Waals surface area contributed by atoms with Gasteiger partial charge in [-0.1, -0.05) is 0 Å². The normalized spacial score (nSPS) is 14.6. The van der Waals surface area contributed by atoms with Gasteiger partial charge in [0.1, 0.15) is 0 Å². The average Bonchev–Trinajstić information content (AvgIpc) is 2.14. The van der Waals surface area contributed by atoms with Crippen LogP contribution >= 0.6 is 0 Å². The largest absolute Gasteiger partial charge is 0.375 e. The monoisotopic (exact) mass is 234 g/mol. The summed E-state index contributed by atoms with van der Waals surface area (Å²) >= 11 is 0. The van der Waals surface area contributed by atoms with E-state index in [4.69, 9.17) is 10.00 Å². The van der Waals surface area contributed by atoms with Crippen molar-refractivity contribution in [3.05, 3.63) is 0 Å². The predicted molar refractivity (Wildman–Crippen MR) is 57.7 cm³/mol. The standard InChI is InChI=1S/C9H18N2O3S/c1-5-14-9(3,4)7-11-15(12,13)8(2)6-10/h8,11H,5,7H2,1-4H3. The summed E-state index contributed by atoms with van der Waals surface area (Å²) in [5.41, 5.74) is -0.559. The van der Waals surface area contributed by atoms with E-state index in [1.54, 1.807) is 19.9 Å². The molecule has 15 heavy (non-hydrogen) atoms. The summed E-state index contributed by atoms with van der Waals surface area (Å²) in [5, 5.41) is 7.46. The highest BCUT2D eigenvalue weighted by Crippen LogP contribution is 2.08. The van der Waals surface area contributed by atoms with Gasteiger partial charge < -0.3 is 4.74 Å². The van der Waals surface area contributed by atoms with Crippen LogP contribution in [0.5, 0.6) is 0 Å². The lowest BCUT2D eigenvalue weighted by Gasteiger charge is -2.25. The van der Waals surface area contributed by atoms with E-state index >= 15 is 0 Å². The van der Waals surface area contributed by atoms with Crippen LogP contribution in [0.4, 0.5) is 0 Å². The Labute approximate surface area is 91.5 Å². The Morgan fingerprint density at radius 2 is 2.07 bits per heavy atom. The fraction of sp³-hybridized carbons (Fsp3) is 0.889. The molecule has 1 unspecified atom stereocenters. The SMILES string of the molecule is CCOC(C)(C)CNS(=O)(=O)C(C)C#N.